The van der Waals surface area contributed by atoms with Crippen LogP contribution < -0.4 is 10.2 Å². The van der Waals surface area contributed by atoms with Crippen molar-refractivity contribution in [3.05, 3.63) is 101 Å². The van der Waals surface area contributed by atoms with E-state index in [1.165, 1.54) is 16.7 Å². The normalized spacial score (nSPS) is 12.7. The second-order valence-electron chi connectivity index (χ2n) is 7.02. The molecule has 0 saturated carbocycles. The molecule has 0 bridgehead atoms. The van der Waals surface area contributed by atoms with E-state index in [4.69, 9.17) is 0 Å². The summed E-state index contributed by atoms with van der Waals surface area (Å²) in [5, 5.41) is 3.02. The van der Waals surface area contributed by atoms with Crippen molar-refractivity contribution < 1.29 is 4.79 Å². The first-order chi connectivity index (χ1) is 13.3. The molecule has 0 spiro atoms. The number of hydrogen-bond acceptors (Lipinski definition) is 2. The van der Waals surface area contributed by atoms with Crippen LogP contribution in [0.4, 0.5) is 5.69 Å². The molecule has 3 nitrogen and oxygen atoms in total. The third-order valence-corrected chi connectivity index (χ3v) is 5.11. The van der Waals surface area contributed by atoms with Crippen LogP contribution in [0.1, 0.15) is 33.5 Å². The largest absolute Gasteiger partial charge is 0.363 e. The molecule has 0 fully saturated rings. The number of benzene rings is 3. The summed E-state index contributed by atoms with van der Waals surface area (Å²) in [5.74, 6) is -0.000630. The first-order valence-corrected chi connectivity index (χ1v) is 9.53. The smallest absolute Gasteiger partial charge is 0.251 e. The molecular weight excluding hydrogens is 332 g/mol. The van der Waals surface area contributed by atoms with Gasteiger partial charge in [-0.1, -0.05) is 54.6 Å². The summed E-state index contributed by atoms with van der Waals surface area (Å²) in [6.07, 6.45) is 1.93. The monoisotopic (exact) mass is 356 g/mol. The van der Waals surface area contributed by atoms with Crippen molar-refractivity contribution in [1.29, 1.82) is 0 Å². The highest BCUT2D eigenvalue weighted by molar-refractivity contribution is 5.94. The van der Waals surface area contributed by atoms with E-state index in [1.54, 1.807) is 0 Å². The van der Waals surface area contributed by atoms with Gasteiger partial charge in [0, 0.05) is 30.9 Å². The topological polar surface area (TPSA) is 32.3 Å². The van der Waals surface area contributed by atoms with E-state index in [-0.39, 0.29) is 5.91 Å². The van der Waals surface area contributed by atoms with Crippen LogP contribution in [-0.2, 0) is 19.5 Å². The van der Waals surface area contributed by atoms with Crippen LogP contribution in [0, 0.1) is 0 Å². The van der Waals surface area contributed by atoms with E-state index < -0.39 is 0 Å². The summed E-state index contributed by atoms with van der Waals surface area (Å²) in [6, 6.07) is 26.9. The van der Waals surface area contributed by atoms with Crippen LogP contribution in [0.5, 0.6) is 0 Å². The Morgan fingerprint density at radius 3 is 2.11 bits per heavy atom. The van der Waals surface area contributed by atoms with E-state index in [2.05, 4.69) is 46.6 Å². The fourth-order valence-electron chi connectivity index (χ4n) is 3.58. The highest BCUT2D eigenvalue weighted by atomic mass is 16.1. The summed E-state index contributed by atoms with van der Waals surface area (Å²) < 4.78 is 0. The van der Waals surface area contributed by atoms with Gasteiger partial charge in [0.2, 0.25) is 0 Å². The molecule has 0 unspecified atom stereocenters. The molecule has 4 rings (SSSR count). The first-order valence-electron chi connectivity index (χ1n) is 9.53. The molecule has 136 valence electrons. The predicted molar refractivity (Wildman–Crippen MR) is 110 cm³/mol. The molecule has 0 atom stereocenters. The number of fused-ring (bicyclic) bond motifs is 1. The number of hydrogen-bond donors (Lipinski definition) is 1. The van der Waals surface area contributed by atoms with E-state index in [9.17, 15) is 4.79 Å². The highest BCUT2D eigenvalue weighted by Gasteiger charge is 2.18. The van der Waals surface area contributed by atoms with Gasteiger partial charge in [0.1, 0.15) is 0 Å². The SMILES string of the molecule is O=C(NCCCc1ccccc1)c1ccc(N2Cc3ccccc3C2)cc1. The molecule has 1 N–H and O–H groups in total. The Morgan fingerprint density at radius 2 is 1.44 bits per heavy atom. The van der Waals surface area contributed by atoms with Crippen molar-refractivity contribution in [3.8, 4) is 0 Å². The summed E-state index contributed by atoms with van der Waals surface area (Å²) in [4.78, 5) is 14.7. The maximum atomic E-state index is 12.3. The van der Waals surface area contributed by atoms with E-state index >= 15 is 0 Å². The zero-order valence-corrected chi connectivity index (χ0v) is 15.4. The lowest BCUT2D eigenvalue weighted by Gasteiger charge is -2.18. The molecule has 0 aromatic heterocycles. The van der Waals surface area contributed by atoms with Crippen LogP contribution in [0.3, 0.4) is 0 Å². The number of aryl methyl sites for hydroxylation is 1. The molecule has 0 saturated heterocycles. The Bertz CT molecular complexity index is 878. The third-order valence-electron chi connectivity index (χ3n) is 5.11. The van der Waals surface area contributed by atoms with Gasteiger partial charge >= 0.3 is 0 Å². The standard InChI is InChI=1S/C24H24N2O/c27-24(25-16-6-9-19-7-2-1-3-8-19)20-12-14-23(15-13-20)26-17-21-10-4-5-11-22(21)18-26/h1-5,7-8,10-15H,6,9,16-18H2,(H,25,27). The van der Waals surface area contributed by atoms with Gasteiger partial charge in [-0.3, -0.25) is 4.79 Å². The minimum atomic E-state index is -0.000630. The fourth-order valence-corrected chi connectivity index (χ4v) is 3.58. The summed E-state index contributed by atoms with van der Waals surface area (Å²) in [5.41, 5.74) is 5.96. The quantitative estimate of drug-likeness (QED) is 0.656. The van der Waals surface area contributed by atoms with Crippen LogP contribution in [-0.4, -0.2) is 12.5 Å². The van der Waals surface area contributed by atoms with Crippen molar-refractivity contribution in [2.24, 2.45) is 0 Å². The van der Waals surface area contributed by atoms with Gasteiger partial charge < -0.3 is 10.2 Å². The van der Waals surface area contributed by atoms with Gasteiger partial charge in [0.05, 0.1) is 0 Å². The second-order valence-corrected chi connectivity index (χ2v) is 7.02. The van der Waals surface area contributed by atoms with E-state index in [0.29, 0.717) is 6.54 Å². The zero-order chi connectivity index (χ0) is 18.5. The van der Waals surface area contributed by atoms with Gasteiger partial charge in [-0.2, -0.15) is 0 Å². The third kappa shape index (κ3) is 4.20. The van der Waals surface area contributed by atoms with Gasteiger partial charge in [0.15, 0.2) is 0 Å². The maximum absolute atomic E-state index is 12.3. The van der Waals surface area contributed by atoms with Gasteiger partial charge in [-0.25, -0.2) is 0 Å². The maximum Gasteiger partial charge on any atom is 0.251 e. The second kappa shape index (κ2) is 8.09. The fraction of sp³-hybridized carbons (Fsp3) is 0.208. The molecule has 0 radical (unpaired) electrons. The minimum Gasteiger partial charge on any atom is -0.363 e. The molecule has 3 aromatic rings. The van der Waals surface area contributed by atoms with Crippen LogP contribution in [0.2, 0.25) is 0 Å². The number of rotatable bonds is 6. The minimum absolute atomic E-state index is 0.000630. The number of nitrogens with zero attached hydrogens (tertiary/aromatic N) is 1. The summed E-state index contributed by atoms with van der Waals surface area (Å²) in [7, 11) is 0. The Morgan fingerprint density at radius 1 is 0.815 bits per heavy atom. The predicted octanol–water partition coefficient (Wildman–Crippen LogP) is 4.57. The number of carbonyl (C=O) groups is 1. The number of anilines is 1. The molecule has 3 aromatic carbocycles. The molecule has 27 heavy (non-hydrogen) atoms. The molecule has 1 aliphatic rings. The Labute approximate surface area is 160 Å². The van der Waals surface area contributed by atoms with E-state index in [0.717, 1.165) is 37.2 Å². The lowest BCUT2D eigenvalue weighted by molar-refractivity contribution is 0.0953. The number of amides is 1. The molecule has 0 aliphatic carbocycles. The molecule has 1 aliphatic heterocycles. The van der Waals surface area contributed by atoms with Gasteiger partial charge in [-0.15, -0.1) is 0 Å². The van der Waals surface area contributed by atoms with Crippen molar-refractivity contribution in [2.75, 3.05) is 11.4 Å². The number of carbonyl (C=O) groups excluding carboxylic acids is 1. The number of nitrogens with one attached hydrogen (secondary N) is 1. The lowest BCUT2D eigenvalue weighted by atomic mass is 10.1. The van der Waals surface area contributed by atoms with Crippen molar-refractivity contribution >= 4 is 11.6 Å². The van der Waals surface area contributed by atoms with Crippen LogP contribution >= 0.6 is 0 Å². The molecule has 1 heterocycles. The molecular formula is C24H24N2O. The average molecular weight is 356 g/mol. The summed E-state index contributed by atoms with van der Waals surface area (Å²) >= 11 is 0. The Balaban J connectivity index is 1.28. The molecule has 3 heteroatoms. The zero-order valence-electron chi connectivity index (χ0n) is 15.4. The summed E-state index contributed by atoms with van der Waals surface area (Å²) in [6.45, 7) is 2.55. The molecule has 1 amide bonds. The van der Waals surface area contributed by atoms with Gasteiger partial charge in [0.25, 0.3) is 5.91 Å². The van der Waals surface area contributed by atoms with Gasteiger partial charge in [-0.05, 0) is 53.8 Å². The average Bonchev–Trinajstić information content (AvgIpc) is 3.16. The first kappa shape index (κ1) is 17.3. The highest BCUT2D eigenvalue weighted by Crippen LogP contribution is 2.28. The van der Waals surface area contributed by atoms with Crippen LogP contribution in [0.25, 0.3) is 0 Å². The van der Waals surface area contributed by atoms with Crippen molar-refractivity contribution in [3.63, 3.8) is 0 Å². The van der Waals surface area contributed by atoms with Crippen molar-refractivity contribution in [1.82, 2.24) is 5.32 Å². The van der Waals surface area contributed by atoms with Crippen LogP contribution in [0.15, 0.2) is 78.9 Å². The Kier molecular flexibility index (Phi) is 5.20. The van der Waals surface area contributed by atoms with E-state index in [1.807, 2.05) is 42.5 Å². The lowest BCUT2D eigenvalue weighted by Crippen LogP contribution is -2.24. The Hall–Kier alpha value is -3.07. The van der Waals surface area contributed by atoms with Crippen molar-refractivity contribution in [2.45, 2.75) is 25.9 Å².